The van der Waals surface area contributed by atoms with Crippen LogP contribution in [0.5, 0.6) is 5.75 Å². The number of fused-ring (bicyclic) bond motifs is 2. The zero-order chi connectivity index (χ0) is 21.8. The lowest BCUT2D eigenvalue weighted by molar-refractivity contribution is -0.0872. The van der Waals surface area contributed by atoms with Gasteiger partial charge in [-0.25, -0.2) is 0 Å². The minimum atomic E-state index is 0.0327. The molecule has 4 heteroatoms. The fourth-order valence-corrected chi connectivity index (χ4v) is 4.97. The van der Waals surface area contributed by atoms with Crippen molar-refractivity contribution in [1.82, 2.24) is 4.90 Å². The summed E-state index contributed by atoms with van der Waals surface area (Å²) in [6.45, 7) is 2.82. The highest BCUT2D eigenvalue weighted by Crippen LogP contribution is 2.35. The van der Waals surface area contributed by atoms with Crippen LogP contribution in [0.1, 0.15) is 34.3 Å². The van der Waals surface area contributed by atoms with Gasteiger partial charge in [-0.15, -0.1) is 0 Å². The van der Waals surface area contributed by atoms with E-state index in [1.165, 1.54) is 5.56 Å². The van der Waals surface area contributed by atoms with Crippen molar-refractivity contribution >= 4 is 5.78 Å². The SMILES string of the molecule is O=C(c1cccc(OCc2ccccc2)c1)C1CC2COCC(C1)N2Cc1ccccc1. The average Bonchev–Trinajstić information content (AvgIpc) is 2.84. The van der Waals surface area contributed by atoms with E-state index >= 15 is 0 Å². The van der Waals surface area contributed by atoms with Crippen LogP contribution in [0.2, 0.25) is 0 Å². The van der Waals surface area contributed by atoms with Gasteiger partial charge in [0.15, 0.2) is 5.78 Å². The summed E-state index contributed by atoms with van der Waals surface area (Å²) in [6, 6.07) is 28.9. The molecule has 5 rings (SSSR count). The number of hydrogen-bond acceptors (Lipinski definition) is 4. The molecule has 2 bridgehead atoms. The third kappa shape index (κ3) is 4.77. The van der Waals surface area contributed by atoms with Crippen molar-refractivity contribution in [2.45, 2.75) is 38.1 Å². The number of rotatable bonds is 7. The third-order valence-corrected chi connectivity index (χ3v) is 6.62. The molecule has 0 radical (unpaired) electrons. The third-order valence-electron chi connectivity index (χ3n) is 6.62. The maximum absolute atomic E-state index is 13.4. The molecule has 0 aliphatic carbocycles. The smallest absolute Gasteiger partial charge is 0.166 e. The van der Waals surface area contributed by atoms with E-state index in [9.17, 15) is 4.79 Å². The Labute approximate surface area is 189 Å². The van der Waals surface area contributed by atoms with Crippen molar-refractivity contribution in [3.05, 3.63) is 102 Å². The number of nitrogens with zero attached hydrogens (tertiary/aromatic N) is 1. The van der Waals surface area contributed by atoms with Crippen LogP contribution in [-0.2, 0) is 17.9 Å². The fraction of sp³-hybridized carbons (Fsp3) is 0.321. The van der Waals surface area contributed by atoms with E-state index in [4.69, 9.17) is 9.47 Å². The van der Waals surface area contributed by atoms with Gasteiger partial charge in [0.25, 0.3) is 0 Å². The first-order chi connectivity index (χ1) is 15.8. The number of benzene rings is 3. The predicted octanol–water partition coefficient (Wildman–Crippen LogP) is 5.13. The summed E-state index contributed by atoms with van der Waals surface area (Å²) in [7, 11) is 0. The standard InChI is InChI=1S/C28H29NO3/c30-28(23-12-7-13-27(16-23)32-18-22-10-5-2-6-11-22)24-14-25-19-31-20-26(15-24)29(25)17-21-8-3-1-4-9-21/h1-13,16,24-26H,14-15,17-20H2. The van der Waals surface area contributed by atoms with Crippen molar-refractivity contribution in [3.63, 3.8) is 0 Å². The highest BCUT2D eigenvalue weighted by molar-refractivity contribution is 5.98. The summed E-state index contributed by atoms with van der Waals surface area (Å²) >= 11 is 0. The molecule has 3 aromatic rings. The van der Waals surface area contributed by atoms with Gasteiger partial charge in [0.05, 0.1) is 13.2 Å². The number of carbonyl (C=O) groups is 1. The van der Waals surface area contributed by atoms with Gasteiger partial charge in [0, 0.05) is 30.1 Å². The Balaban J connectivity index is 1.25. The van der Waals surface area contributed by atoms with E-state index in [2.05, 4.69) is 35.2 Å². The minimum Gasteiger partial charge on any atom is -0.489 e. The van der Waals surface area contributed by atoms with Crippen LogP contribution in [0, 0.1) is 5.92 Å². The summed E-state index contributed by atoms with van der Waals surface area (Å²) in [4.78, 5) is 16.0. The maximum atomic E-state index is 13.4. The zero-order valence-electron chi connectivity index (χ0n) is 18.2. The van der Waals surface area contributed by atoms with E-state index < -0.39 is 0 Å². The first-order valence-electron chi connectivity index (χ1n) is 11.4. The lowest BCUT2D eigenvalue weighted by Gasteiger charge is -2.48. The normalized spacial score (nSPS) is 22.9. The summed E-state index contributed by atoms with van der Waals surface area (Å²) in [6.07, 6.45) is 1.69. The second-order valence-corrected chi connectivity index (χ2v) is 8.84. The summed E-state index contributed by atoms with van der Waals surface area (Å²) in [5.74, 6) is 1.00. The lowest BCUT2D eigenvalue weighted by Crippen LogP contribution is -2.57. The van der Waals surface area contributed by atoms with Gasteiger partial charge in [-0.2, -0.15) is 0 Å². The topological polar surface area (TPSA) is 38.8 Å². The van der Waals surface area contributed by atoms with Gasteiger partial charge in [-0.3, -0.25) is 9.69 Å². The number of ketones is 1. The Morgan fingerprint density at radius 3 is 2.19 bits per heavy atom. The molecule has 2 aliphatic heterocycles. The summed E-state index contributed by atoms with van der Waals surface area (Å²) in [5.41, 5.74) is 3.18. The van der Waals surface area contributed by atoms with Crippen molar-refractivity contribution < 1.29 is 14.3 Å². The summed E-state index contributed by atoms with van der Waals surface area (Å²) in [5, 5.41) is 0. The van der Waals surface area contributed by atoms with E-state index in [0.29, 0.717) is 19.8 Å². The lowest BCUT2D eigenvalue weighted by atomic mass is 9.80. The number of hydrogen-bond donors (Lipinski definition) is 0. The molecule has 32 heavy (non-hydrogen) atoms. The van der Waals surface area contributed by atoms with Crippen LogP contribution >= 0.6 is 0 Å². The van der Waals surface area contributed by atoms with Gasteiger partial charge < -0.3 is 9.47 Å². The van der Waals surface area contributed by atoms with Crippen LogP contribution < -0.4 is 4.74 Å². The van der Waals surface area contributed by atoms with Crippen LogP contribution in [-0.4, -0.2) is 36.0 Å². The minimum absolute atomic E-state index is 0.0327. The van der Waals surface area contributed by atoms with Crippen LogP contribution in [0.25, 0.3) is 0 Å². The largest absolute Gasteiger partial charge is 0.489 e. The van der Waals surface area contributed by atoms with Crippen molar-refractivity contribution in [2.24, 2.45) is 5.92 Å². The van der Waals surface area contributed by atoms with Gasteiger partial charge in [0.2, 0.25) is 0 Å². The fourth-order valence-electron chi connectivity index (χ4n) is 4.97. The molecule has 2 saturated heterocycles. The van der Waals surface area contributed by atoms with Crippen molar-refractivity contribution in [3.8, 4) is 5.75 Å². The van der Waals surface area contributed by atoms with E-state index in [1.807, 2.05) is 54.6 Å². The molecule has 0 N–H and O–H groups in total. The van der Waals surface area contributed by atoms with Crippen molar-refractivity contribution in [2.75, 3.05) is 13.2 Å². The molecule has 2 atom stereocenters. The Bertz CT molecular complexity index is 1020. The maximum Gasteiger partial charge on any atom is 0.166 e. The molecular formula is C28H29NO3. The first kappa shape index (κ1) is 20.9. The van der Waals surface area contributed by atoms with Crippen LogP contribution in [0.4, 0.5) is 0 Å². The highest BCUT2D eigenvalue weighted by Gasteiger charge is 2.41. The molecule has 2 unspecified atom stereocenters. The van der Waals surface area contributed by atoms with Crippen LogP contribution in [0.15, 0.2) is 84.9 Å². The first-order valence-corrected chi connectivity index (χ1v) is 11.4. The summed E-state index contributed by atoms with van der Waals surface area (Å²) < 4.78 is 11.8. The molecule has 0 aromatic heterocycles. The number of piperidine rings is 1. The second-order valence-electron chi connectivity index (χ2n) is 8.84. The van der Waals surface area contributed by atoms with Gasteiger partial charge in [0.1, 0.15) is 12.4 Å². The molecule has 0 spiro atoms. The van der Waals surface area contributed by atoms with Gasteiger partial charge >= 0.3 is 0 Å². The molecule has 3 aromatic carbocycles. The molecular weight excluding hydrogens is 398 g/mol. The molecule has 0 amide bonds. The Morgan fingerprint density at radius 2 is 1.50 bits per heavy atom. The van der Waals surface area contributed by atoms with Crippen molar-refractivity contribution in [1.29, 1.82) is 0 Å². The van der Waals surface area contributed by atoms with E-state index in [-0.39, 0.29) is 23.8 Å². The number of Topliss-reactive ketones (excluding diaryl/α,β-unsaturated/α-hetero) is 1. The van der Waals surface area contributed by atoms with Gasteiger partial charge in [-0.1, -0.05) is 72.8 Å². The Kier molecular flexibility index (Phi) is 6.33. The monoisotopic (exact) mass is 427 g/mol. The molecule has 4 nitrogen and oxygen atoms in total. The number of carbonyl (C=O) groups excluding carboxylic acids is 1. The molecule has 2 aliphatic rings. The molecule has 164 valence electrons. The Hall–Kier alpha value is -2.95. The average molecular weight is 428 g/mol. The van der Waals surface area contributed by atoms with E-state index in [1.54, 1.807) is 0 Å². The predicted molar refractivity (Wildman–Crippen MR) is 125 cm³/mol. The quantitative estimate of drug-likeness (QED) is 0.490. The van der Waals surface area contributed by atoms with Crippen LogP contribution in [0.3, 0.4) is 0 Å². The van der Waals surface area contributed by atoms with Gasteiger partial charge in [-0.05, 0) is 36.1 Å². The zero-order valence-corrected chi connectivity index (χ0v) is 18.2. The highest BCUT2D eigenvalue weighted by atomic mass is 16.5. The Morgan fingerprint density at radius 1 is 0.844 bits per heavy atom. The number of morpholine rings is 1. The number of ether oxygens (including phenoxy) is 2. The molecule has 2 fully saturated rings. The van der Waals surface area contributed by atoms with E-state index in [0.717, 1.165) is 36.3 Å². The molecule has 2 heterocycles. The second kappa shape index (κ2) is 9.68. The molecule has 0 saturated carbocycles.